The molecule has 4 nitrogen and oxygen atoms in total. The number of rotatable bonds is 9. The van der Waals surface area contributed by atoms with Gasteiger partial charge in [-0.3, -0.25) is 0 Å². The third-order valence-corrected chi connectivity index (χ3v) is 4.66. The molecule has 0 heterocycles. The lowest BCUT2D eigenvalue weighted by atomic mass is 9.83. The van der Waals surface area contributed by atoms with Gasteiger partial charge in [-0.15, -0.1) is 0 Å². The van der Waals surface area contributed by atoms with E-state index in [-0.39, 0.29) is 5.75 Å². The first-order valence-electron chi connectivity index (χ1n) is 6.26. The van der Waals surface area contributed by atoms with Crippen LogP contribution in [0.2, 0.25) is 0 Å². The maximum absolute atomic E-state index is 11.6. The number of hydrogen-bond acceptors (Lipinski definition) is 3. The van der Waals surface area contributed by atoms with Gasteiger partial charge in [0.15, 0.2) is 0 Å². The molecule has 0 aromatic heterocycles. The minimum atomic E-state index is -3.02. The summed E-state index contributed by atoms with van der Waals surface area (Å²) in [7, 11) is -1.14. The lowest BCUT2D eigenvalue weighted by Gasteiger charge is -2.25. The summed E-state index contributed by atoms with van der Waals surface area (Å²) in [5.74, 6) is 1.03. The van der Waals surface area contributed by atoms with Crippen LogP contribution in [0.25, 0.3) is 0 Å². The minimum absolute atomic E-state index is 0.263. The van der Waals surface area contributed by atoms with Crippen molar-refractivity contribution in [1.29, 1.82) is 0 Å². The van der Waals surface area contributed by atoms with Gasteiger partial charge < -0.3 is 5.32 Å². The molecule has 5 heteroatoms. The van der Waals surface area contributed by atoms with Crippen LogP contribution < -0.4 is 10.0 Å². The summed E-state index contributed by atoms with van der Waals surface area (Å²) in [4.78, 5) is 0. The molecule has 0 amide bonds. The van der Waals surface area contributed by atoms with Crippen LogP contribution in [0.3, 0.4) is 0 Å². The number of sulfonamides is 1. The van der Waals surface area contributed by atoms with E-state index in [0.29, 0.717) is 6.54 Å². The number of hydrogen-bond donors (Lipinski definition) is 2. The standard InChI is InChI=1S/C11H24N2O2S/c1-12-8-2-3-10-16(14,15)13-9-7-11-5-4-6-11/h11-13H,2-10H2,1H3. The quantitative estimate of drug-likeness (QED) is 0.601. The van der Waals surface area contributed by atoms with E-state index in [1.807, 2.05) is 7.05 Å². The smallest absolute Gasteiger partial charge is 0.211 e. The molecule has 0 unspecified atom stereocenters. The summed E-state index contributed by atoms with van der Waals surface area (Å²) in [6.07, 6.45) is 6.55. The highest BCUT2D eigenvalue weighted by atomic mass is 32.2. The molecule has 1 rings (SSSR count). The maximum Gasteiger partial charge on any atom is 0.211 e. The molecule has 0 aromatic rings. The molecule has 1 fully saturated rings. The van der Waals surface area contributed by atoms with E-state index >= 15 is 0 Å². The molecule has 0 aliphatic heterocycles. The first-order chi connectivity index (χ1) is 7.64. The predicted molar refractivity (Wildman–Crippen MR) is 66.9 cm³/mol. The van der Waals surface area contributed by atoms with Gasteiger partial charge in [0.2, 0.25) is 10.0 Å². The van der Waals surface area contributed by atoms with Crippen molar-refractivity contribution in [2.24, 2.45) is 5.92 Å². The molecule has 16 heavy (non-hydrogen) atoms. The monoisotopic (exact) mass is 248 g/mol. The minimum Gasteiger partial charge on any atom is -0.320 e. The van der Waals surface area contributed by atoms with Gasteiger partial charge in [-0.1, -0.05) is 19.3 Å². The van der Waals surface area contributed by atoms with Crippen LogP contribution in [-0.2, 0) is 10.0 Å². The van der Waals surface area contributed by atoms with Crippen LogP contribution in [0.4, 0.5) is 0 Å². The highest BCUT2D eigenvalue weighted by Crippen LogP contribution is 2.28. The average molecular weight is 248 g/mol. The fourth-order valence-corrected chi connectivity index (χ4v) is 3.02. The van der Waals surface area contributed by atoms with E-state index in [4.69, 9.17) is 0 Å². The van der Waals surface area contributed by atoms with Crippen LogP contribution in [0.5, 0.6) is 0 Å². The van der Waals surface area contributed by atoms with Crippen LogP contribution in [0.1, 0.15) is 38.5 Å². The van der Waals surface area contributed by atoms with Crippen LogP contribution in [-0.4, -0.2) is 34.3 Å². The van der Waals surface area contributed by atoms with Crippen molar-refractivity contribution in [3.8, 4) is 0 Å². The third kappa shape index (κ3) is 5.82. The molecule has 0 spiro atoms. The molecule has 0 radical (unpaired) electrons. The van der Waals surface area contributed by atoms with Gasteiger partial charge in [-0.05, 0) is 38.8 Å². The molecule has 1 saturated carbocycles. The van der Waals surface area contributed by atoms with Crippen molar-refractivity contribution in [2.45, 2.75) is 38.5 Å². The Hall–Kier alpha value is -0.130. The summed E-state index contributed by atoms with van der Waals surface area (Å²) in [5, 5.41) is 3.01. The molecule has 2 N–H and O–H groups in total. The molecule has 0 aromatic carbocycles. The number of unbranched alkanes of at least 4 members (excludes halogenated alkanes) is 1. The molecule has 96 valence electrons. The Morgan fingerprint density at radius 1 is 1.19 bits per heavy atom. The summed E-state index contributed by atoms with van der Waals surface area (Å²) in [6.45, 7) is 1.51. The summed E-state index contributed by atoms with van der Waals surface area (Å²) >= 11 is 0. The lowest BCUT2D eigenvalue weighted by Crippen LogP contribution is -2.29. The third-order valence-electron chi connectivity index (χ3n) is 3.19. The van der Waals surface area contributed by atoms with Gasteiger partial charge >= 0.3 is 0 Å². The Kier molecular flexibility index (Phi) is 6.31. The Morgan fingerprint density at radius 3 is 2.50 bits per heavy atom. The van der Waals surface area contributed by atoms with E-state index < -0.39 is 10.0 Å². The first kappa shape index (κ1) is 13.9. The SMILES string of the molecule is CNCCCCS(=O)(=O)NCCC1CCC1. The molecule has 0 atom stereocenters. The Morgan fingerprint density at radius 2 is 1.94 bits per heavy atom. The molecule has 1 aliphatic rings. The second-order valence-electron chi connectivity index (χ2n) is 4.61. The van der Waals surface area contributed by atoms with E-state index in [2.05, 4.69) is 10.0 Å². The van der Waals surface area contributed by atoms with Crippen molar-refractivity contribution in [3.05, 3.63) is 0 Å². The van der Waals surface area contributed by atoms with Crippen molar-refractivity contribution in [3.63, 3.8) is 0 Å². The van der Waals surface area contributed by atoms with Crippen LogP contribution in [0.15, 0.2) is 0 Å². The Bertz CT molecular complexity index is 274. The van der Waals surface area contributed by atoms with Crippen LogP contribution >= 0.6 is 0 Å². The molecular weight excluding hydrogens is 224 g/mol. The summed E-state index contributed by atoms with van der Waals surface area (Å²) in [5.41, 5.74) is 0. The van der Waals surface area contributed by atoms with E-state index in [9.17, 15) is 8.42 Å². The highest BCUT2D eigenvalue weighted by molar-refractivity contribution is 7.89. The van der Waals surface area contributed by atoms with E-state index in [0.717, 1.165) is 31.7 Å². The highest BCUT2D eigenvalue weighted by Gasteiger charge is 2.17. The van der Waals surface area contributed by atoms with Gasteiger partial charge in [0, 0.05) is 6.54 Å². The van der Waals surface area contributed by atoms with Gasteiger partial charge in [-0.2, -0.15) is 0 Å². The zero-order valence-corrected chi connectivity index (χ0v) is 11.0. The van der Waals surface area contributed by atoms with Crippen molar-refractivity contribution < 1.29 is 8.42 Å². The van der Waals surface area contributed by atoms with E-state index in [1.165, 1.54) is 19.3 Å². The predicted octanol–water partition coefficient (Wildman–Crippen LogP) is 1.10. The Balaban J connectivity index is 2.03. The fraction of sp³-hybridized carbons (Fsp3) is 1.00. The fourth-order valence-electron chi connectivity index (χ4n) is 1.87. The van der Waals surface area contributed by atoms with Gasteiger partial charge in [0.25, 0.3) is 0 Å². The molecule has 0 saturated heterocycles. The Labute approximate surface area is 99.2 Å². The summed E-state index contributed by atoms with van der Waals surface area (Å²) < 4.78 is 25.8. The van der Waals surface area contributed by atoms with Gasteiger partial charge in [-0.25, -0.2) is 13.1 Å². The van der Waals surface area contributed by atoms with Gasteiger partial charge in [0.1, 0.15) is 0 Å². The zero-order chi connectivity index (χ0) is 11.9. The van der Waals surface area contributed by atoms with Crippen LogP contribution in [0, 0.1) is 5.92 Å². The normalized spacial score (nSPS) is 17.3. The first-order valence-corrected chi connectivity index (χ1v) is 7.91. The lowest BCUT2D eigenvalue weighted by molar-refractivity contribution is 0.297. The van der Waals surface area contributed by atoms with Crippen molar-refractivity contribution in [1.82, 2.24) is 10.0 Å². The second-order valence-corrected chi connectivity index (χ2v) is 6.54. The zero-order valence-electron chi connectivity index (χ0n) is 10.2. The molecule has 0 bridgehead atoms. The largest absolute Gasteiger partial charge is 0.320 e. The van der Waals surface area contributed by atoms with Gasteiger partial charge in [0.05, 0.1) is 5.75 Å². The maximum atomic E-state index is 11.6. The topological polar surface area (TPSA) is 58.2 Å². The average Bonchev–Trinajstić information content (AvgIpc) is 2.17. The second kappa shape index (κ2) is 7.25. The number of nitrogens with one attached hydrogen (secondary N) is 2. The molecular formula is C11H24N2O2S. The summed E-state index contributed by atoms with van der Waals surface area (Å²) in [6, 6.07) is 0. The van der Waals surface area contributed by atoms with Crippen molar-refractivity contribution in [2.75, 3.05) is 25.9 Å². The van der Waals surface area contributed by atoms with E-state index in [1.54, 1.807) is 0 Å². The molecule has 1 aliphatic carbocycles. The van der Waals surface area contributed by atoms with Crippen molar-refractivity contribution >= 4 is 10.0 Å².